The van der Waals surface area contributed by atoms with Crippen molar-refractivity contribution in [1.82, 2.24) is 9.80 Å². The zero-order valence-electron chi connectivity index (χ0n) is 19.1. The van der Waals surface area contributed by atoms with Crippen LogP contribution in [0.5, 0.6) is 5.75 Å². The fourth-order valence-electron chi connectivity index (χ4n) is 4.80. The van der Waals surface area contributed by atoms with Crippen molar-refractivity contribution >= 4 is 16.9 Å². The lowest BCUT2D eigenvalue weighted by molar-refractivity contribution is -0.00106. The second-order valence-electron chi connectivity index (χ2n) is 8.56. The van der Waals surface area contributed by atoms with Crippen LogP contribution in [0.4, 0.5) is 5.88 Å². The van der Waals surface area contributed by atoms with E-state index in [0.717, 1.165) is 52.5 Å². The average molecular weight is 450 g/mol. The molecule has 0 saturated carbocycles. The quantitative estimate of drug-likeness (QED) is 0.573. The average Bonchev–Trinajstić information content (AvgIpc) is 2.86. The van der Waals surface area contributed by atoms with Crippen molar-refractivity contribution in [1.29, 1.82) is 0 Å². The van der Waals surface area contributed by atoms with Gasteiger partial charge in [-0.15, -0.1) is 0 Å². The summed E-state index contributed by atoms with van der Waals surface area (Å²) in [5, 5.41) is 0.551. The Hall–Kier alpha value is -2.87. The van der Waals surface area contributed by atoms with E-state index in [9.17, 15) is 4.79 Å². The van der Waals surface area contributed by atoms with Crippen molar-refractivity contribution in [2.24, 2.45) is 0 Å². The molecule has 0 bridgehead atoms. The number of piperazine rings is 1. The van der Waals surface area contributed by atoms with Crippen LogP contribution >= 0.6 is 0 Å². The first kappa shape index (κ1) is 21.9. The lowest BCUT2D eigenvalue weighted by atomic mass is 10.1. The molecule has 0 spiro atoms. The number of benzene rings is 2. The Balaban J connectivity index is 1.47. The van der Waals surface area contributed by atoms with Gasteiger partial charge in [0.1, 0.15) is 0 Å². The van der Waals surface area contributed by atoms with Crippen molar-refractivity contribution in [2.75, 3.05) is 57.4 Å². The molecular weight excluding hydrogens is 418 g/mol. The van der Waals surface area contributed by atoms with Crippen molar-refractivity contribution in [3.63, 3.8) is 0 Å². The van der Waals surface area contributed by atoms with Crippen molar-refractivity contribution in [3.05, 3.63) is 70.4 Å². The Morgan fingerprint density at radius 2 is 1.82 bits per heavy atom. The van der Waals surface area contributed by atoms with Crippen molar-refractivity contribution in [3.8, 4) is 5.75 Å². The first-order chi connectivity index (χ1) is 16.2. The molecule has 0 radical (unpaired) electrons. The molecular formula is C26H31N3O4. The van der Waals surface area contributed by atoms with Crippen LogP contribution < -0.4 is 15.1 Å². The second kappa shape index (κ2) is 9.95. The number of nitrogens with zero attached hydrogens (tertiary/aromatic N) is 3. The van der Waals surface area contributed by atoms with E-state index in [1.165, 1.54) is 5.56 Å². The van der Waals surface area contributed by atoms with E-state index in [2.05, 4.69) is 45.0 Å². The van der Waals surface area contributed by atoms with Crippen LogP contribution in [0.1, 0.15) is 12.5 Å². The number of anilines is 1. The van der Waals surface area contributed by atoms with Gasteiger partial charge in [0.2, 0.25) is 5.88 Å². The molecule has 174 valence electrons. The van der Waals surface area contributed by atoms with Gasteiger partial charge in [-0.25, -0.2) is 0 Å². The van der Waals surface area contributed by atoms with Crippen LogP contribution in [-0.4, -0.2) is 68.5 Å². The first-order valence-corrected chi connectivity index (χ1v) is 11.8. The SMILES string of the molecule is CCOc1cccc2c(=O)cc(N3CCN(Cc4ccccc4)CC3N3CCOCC3)oc12. The van der Waals surface area contributed by atoms with Crippen LogP contribution in [0.2, 0.25) is 0 Å². The van der Waals surface area contributed by atoms with Crippen LogP contribution in [0, 0.1) is 0 Å². The minimum Gasteiger partial charge on any atom is -0.490 e. The normalized spacial score (nSPS) is 20.3. The molecule has 0 aliphatic carbocycles. The molecule has 33 heavy (non-hydrogen) atoms. The fourth-order valence-corrected chi connectivity index (χ4v) is 4.80. The smallest absolute Gasteiger partial charge is 0.201 e. The van der Waals surface area contributed by atoms with Crippen LogP contribution in [-0.2, 0) is 11.3 Å². The molecule has 0 amide bonds. The molecule has 3 heterocycles. The van der Waals surface area contributed by atoms with Gasteiger partial charge in [-0.2, -0.15) is 0 Å². The van der Waals surface area contributed by atoms with Crippen molar-refractivity contribution < 1.29 is 13.9 Å². The van der Waals surface area contributed by atoms with Gasteiger partial charge < -0.3 is 18.8 Å². The van der Waals surface area contributed by atoms with Crippen molar-refractivity contribution in [2.45, 2.75) is 19.6 Å². The van der Waals surface area contributed by atoms with E-state index < -0.39 is 0 Å². The maximum absolute atomic E-state index is 13.0. The Bertz CT molecular complexity index is 1130. The fraction of sp³-hybridized carbons (Fsp3) is 0.423. The lowest BCUT2D eigenvalue weighted by Gasteiger charge is -2.47. The summed E-state index contributed by atoms with van der Waals surface area (Å²) in [5.41, 5.74) is 1.79. The molecule has 2 fully saturated rings. The zero-order chi connectivity index (χ0) is 22.6. The monoisotopic (exact) mass is 449 g/mol. The van der Waals surface area contributed by atoms with Crippen LogP contribution in [0.3, 0.4) is 0 Å². The number of morpholine rings is 1. The van der Waals surface area contributed by atoms with Crippen LogP contribution in [0.15, 0.2) is 63.8 Å². The maximum atomic E-state index is 13.0. The van der Waals surface area contributed by atoms with Gasteiger partial charge in [-0.05, 0) is 24.6 Å². The molecule has 5 rings (SSSR count). The molecule has 0 N–H and O–H groups in total. The minimum atomic E-state index is -0.0414. The predicted octanol–water partition coefficient (Wildman–Crippen LogP) is 3.17. The molecule has 1 atom stereocenters. The predicted molar refractivity (Wildman–Crippen MR) is 129 cm³/mol. The highest BCUT2D eigenvalue weighted by molar-refractivity contribution is 5.83. The molecule has 2 saturated heterocycles. The van der Waals surface area contributed by atoms with E-state index in [1.807, 2.05) is 19.1 Å². The van der Waals surface area contributed by atoms with Gasteiger partial charge in [0.25, 0.3) is 0 Å². The summed E-state index contributed by atoms with van der Waals surface area (Å²) in [6.07, 6.45) is 0.103. The number of hydrogen-bond acceptors (Lipinski definition) is 7. The molecule has 7 nitrogen and oxygen atoms in total. The van der Waals surface area contributed by atoms with Gasteiger partial charge in [-0.1, -0.05) is 36.4 Å². The third kappa shape index (κ3) is 4.76. The number of para-hydroxylation sites is 1. The number of fused-ring (bicyclic) bond motifs is 1. The lowest BCUT2D eigenvalue weighted by Crippen LogP contribution is -2.62. The molecule has 1 unspecified atom stereocenters. The van der Waals surface area contributed by atoms with E-state index in [4.69, 9.17) is 13.9 Å². The summed E-state index contributed by atoms with van der Waals surface area (Å²) in [4.78, 5) is 20.2. The summed E-state index contributed by atoms with van der Waals surface area (Å²) in [6, 6.07) is 17.7. The van der Waals surface area contributed by atoms with E-state index in [-0.39, 0.29) is 11.6 Å². The number of hydrogen-bond donors (Lipinski definition) is 0. The Kier molecular flexibility index (Phi) is 6.62. The largest absolute Gasteiger partial charge is 0.490 e. The van der Waals surface area contributed by atoms with Crippen LogP contribution in [0.25, 0.3) is 11.0 Å². The summed E-state index contributed by atoms with van der Waals surface area (Å²) in [6.45, 7) is 9.06. The van der Waals surface area contributed by atoms with Gasteiger partial charge >= 0.3 is 0 Å². The Morgan fingerprint density at radius 1 is 1.00 bits per heavy atom. The van der Waals surface area contributed by atoms with E-state index >= 15 is 0 Å². The van der Waals surface area contributed by atoms with Gasteiger partial charge in [0.15, 0.2) is 16.8 Å². The van der Waals surface area contributed by atoms with E-state index in [1.54, 1.807) is 12.1 Å². The first-order valence-electron chi connectivity index (χ1n) is 11.8. The molecule has 1 aromatic heterocycles. The number of ether oxygens (including phenoxy) is 2. The molecule has 3 aromatic rings. The molecule has 2 aliphatic heterocycles. The zero-order valence-corrected chi connectivity index (χ0v) is 19.1. The highest BCUT2D eigenvalue weighted by atomic mass is 16.5. The minimum absolute atomic E-state index is 0.0414. The standard InChI is InChI=1S/C26H31N3O4/c1-2-32-23-10-6-9-21-22(30)17-25(33-26(21)23)29-12-11-27(18-20-7-4-3-5-8-20)19-24(29)28-13-15-31-16-14-28/h3-10,17,24H,2,11-16,18-19H2,1H3. The third-order valence-electron chi connectivity index (χ3n) is 6.44. The summed E-state index contributed by atoms with van der Waals surface area (Å²) in [7, 11) is 0. The second-order valence-corrected chi connectivity index (χ2v) is 8.56. The van der Waals surface area contributed by atoms with E-state index in [0.29, 0.717) is 29.2 Å². The topological polar surface area (TPSA) is 58.4 Å². The summed E-state index contributed by atoms with van der Waals surface area (Å²) < 4.78 is 17.7. The number of rotatable bonds is 6. The summed E-state index contributed by atoms with van der Waals surface area (Å²) in [5.74, 6) is 1.22. The highest BCUT2D eigenvalue weighted by Gasteiger charge is 2.34. The van der Waals surface area contributed by atoms with Gasteiger partial charge in [0.05, 0.1) is 31.4 Å². The summed E-state index contributed by atoms with van der Waals surface area (Å²) >= 11 is 0. The Labute approximate surface area is 194 Å². The third-order valence-corrected chi connectivity index (χ3v) is 6.44. The van der Waals surface area contributed by atoms with Gasteiger partial charge in [-0.3, -0.25) is 14.6 Å². The Morgan fingerprint density at radius 3 is 2.61 bits per heavy atom. The van der Waals surface area contributed by atoms with Gasteiger partial charge in [0, 0.05) is 45.3 Å². The molecule has 7 heteroatoms. The molecule has 2 aliphatic rings. The highest BCUT2D eigenvalue weighted by Crippen LogP contribution is 2.30. The maximum Gasteiger partial charge on any atom is 0.201 e. The molecule has 2 aromatic carbocycles.